The predicted molar refractivity (Wildman–Crippen MR) is 109 cm³/mol. The van der Waals surface area contributed by atoms with E-state index in [1.54, 1.807) is 29.3 Å². The third kappa shape index (κ3) is 3.17. The molecular weight excluding hydrogens is 378 g/mol. The fourth-order valence-electron chi connectivity index (χ4n) is 3.66. The van der Waals surface area contributed by atoms with Crippen LogP contribution in [0.3, 0.4) is 0 Å². The van der Waals surface area contributed by atoms with Crippen LogP contribution < -0.4 is 5.56 Å². The first-order valence-electron chi connectivity index (χ1n) is 9.21. The smallest absolute Gasteiger partial charge is 0.258 e. The maximum Gasteiger partial charge on any atom is 0.258 e. The molecule has 0 atom stereocenters. The molecular formula is C20H21N3O4S. The molecule has 7 nitrogen and oxygen atoms in total. The van der Waals surface area contributed by atoms with E-state index in [9.17, 15) is 18.0 Å². The highest BCUT2D eigenvalue weighted by atomic mass is 32.2. The molecule has 0 unspecified atom stereocenters. The molecule has 1 N–H and O–H groups in total. The average molecular weight is 399 g/mol. The largest absolute Gasteiger partial charge is 0.337 e. The second-order valence-corrected chi connectivity index (χ2v) is 9.73. The SMILES string of the molecule is CC(C)c1nc2cc[nH]c(=O)c2c2cc(C(=O)N3CCS(=O)(=O)CC3)ccc12. The second-order valence-electron chi connectivity index (χ2n) is 7.42. The van der Waals surface area contributed by atoms with E-state index < -0.39 is 9.84 Å². The van der Waals surface area contributed by atoms with Crippen molar-refractivity contribution in [3.63, 3.8) is 0 Å². The number of fused-ring (bicyclic) bond motifs is 3. The lowest BCUT2D eigenvalue weighted by Gasteiger charge is -2.27. The summed E-state index contributed by atoms with van der Waals surface area (Å²) in [7, 11) is -3.06. The molecule has 0 spiro atoms. The van der Waals surface area contributed by atoms with Gasteiger partial charge in [0.15, 0.2) is 9.84 Å². The maximum atomic E-state index is 12.9. The summed E-state index contributed by atoms with van der Waals surface area (Å²) in [6.07, 6.45) is 1.57. The summed E-state index contributed by atoms with van der Waals surface area (Å²) < 4.78 is 23.3. The summed E-state index contributed by atoms with van der Waals surface area (Å²) in [5, 5.41) is 1.99. The lowest BCUT2D eigenvalue weighted by molar-refractivity contribution is 0.0770. The highest BCUT2D eigenvalue weighted by Gasteiger charge is 2.26. The van der Waals surface area contributed by atoms with Crippen LogP contribution in [0, 0.1) is 0 Å². The Hall–Kier alpha value is -2.74. The summed E-state index contributed by atoms with van der Waals surface area (Å²) in [5.41, 5.74) is 1.65. The van der Waals surface area contributed by atoms with E-state index >= 15 is 0 Å². The summed E-state index contributed by atoms with van der Waals surface area (Å²) in [6, 6.07) is 7.04. The van der Waals surface area contributed by atoms with Gasteiger partial charge in [-0.2, -0.15) is 0 Å². The molecule has 0 aliphatic carbocycles. The quantitative estimate of drug-likeness (QED) is 0.665. The molecule has 8 heteroatoms. The number of aromatic nitrogens is 2. The molecule has 1 fully saturated rings. The normalized spacial score (nSPS) is 16.8. The maximum absolute atomic E-state index is 12.9. The van der Waals surface area contributed by atoms with Gasteiger partial charge in [-0.25, -0.2) is 8.42 Å². The van der Waals surface area contributed by atoms with Gasteiger partial charge >= 0.3 is 0 Å². The Labute approximate surface area is 162 Å². The van der Waals surface area contributed by atoms with Crippen LogP contribution in [0.4, 0.5) is 0 Å². The van der Waals surface area contributed by atoms with E-state index in [0.717, 1.165) is 11.1 Å². The van der Waals surface area contributed by atoms with Gasteiger partial charge < -0.3 is 9.88 Å². The number of H-pyrrole nitrogens is 1. The van der Waals surface area contributed by atoms with Crippen LogP contribution in [0.5, 0.6) is 0 Å². The molecule has 1 amide bonds. The van der Waals surface area contributed by atoms with E-state index in [-0.39, 0.29) is 42.0 Å². The van der Waals surface area contributed by atoms with E-state index in [2.05, 4.69) is 9.97 Å². The van der Waals surface area contributed by atoms with Crippen molar-refractivity contribution < 1.29 is 13.2 Å². The van der Waals surface area contributed by atoms with Crippen LogP contribution in [0.25, 0.3) is 21.7 Å². The van der Waals surface area contributed by atoms with Gasteiger partial charge in [-0.05, 0) is 29.5 Å². The summed E-state index contributed by atoms with van der Waals surface area (Å²) in [5.74, 6) is -0.104. The summed E-state index contributed by atoms with van der Waals surface area (Å²) >= 11 is 0. The van der Waals surface area contributed by atoms with Gasteiger partial charge in [0, 0.05) is 30.2 Å². The molecule has 1 aliphatic rings. The molecule has 1 aliphatic heterocycles. The standard InChI is InChI=1S/C20H21N3O4S/c1-12(2)18-14-4-3-13(20(25)23-7-9-28(26,27)10-8-23)11-15(14)17-16(22-18)5-6-21-19(17)24/h3-6,11-12H,7-10H2,1-2H3,(H,21,24). The third-order valence-corrected chi connectivity index (χ3v) is 6.78. The molecule has 1 saturated heterocycles. The Bertz CT molecular complexity index is 1250. The van der Waals surface area contributed by atoms with Crippen LogP contribution >= 0.6 is 0 Å². The highest BCUT2D eigenvalue weighted by molar-refractivity contribution is 7.91. The Morgan fingerprint density at radius 2 is 1.86 bits per heavy atom. The van der Waals surface area contributed by atoms with Crippen LogP contribution in [-0.2, 0) is 9.84 Å². The van der Waals surface area contributed by atoms with Gasteiger partial charge in [0.2, 0.25) is 0 Å². The third-order valence-electron chi connectivity index (χ3n) is 5.17. The van der Waals surface area contributed by atoms with Crippen molar-refractivity contribution in [1.29, 1.82) is 0 Å². The van der Waals surface area contributed by atoms with Crippen molar-refractivity contribution >= 4 is 37.4 Å². The number of amides is 1. The number of sulfone groups is 1. The lowest BCUT2D eigenvalue weighted by atomic mass is 9.97. The zero-order chi connectivity index (χ0) is 20.1. The fourth-order valence-corrected chi connectivity index (χ4v) is 4.86. The first-order valence-corrected chi connectivity index (χ1v) is 11.0. The number of rotatable bonds is 2. The van der Waals surface area contributed by atoms with Crippen molar-refractivity contribution in [3.8, 4) is 0 Å². The fraction of sp³-hybridized carbons (Fsp3) is 0.350. The van der Waals surface area contributed by atoms with Gasteiger partial charge in [-0.15, -0.1) is 0 Å². The number of hydrogen-bond donors (Lipinski definition) is 1. The zero-order valence-corrected chi connectivity index (χ0v) is 16.5. The lowest BCUT2D eigenvalue weighted by Crippen LogP contribution is -2.43. The molecule has 3 aromatic rings. The topological polar surface area (TPSA) is 100 Å². The van der Waals surface area contributed by atoms with Crippen LogP contribution in [0.2, 0.25) is 0 Å². The molecule has 3 heterocycles. The molecule has 1 aromatic carbocycles. The number of carbonyl (C=O) groups excluding carboxylic acids is 1. The van der Waals surface area contributed by atoms with Gasteiger partial charge in [-0.1, -0.05) is 19.9 Å². The average Bonchev–Trinajstić information content (AvgIpc) is 2.66. The minimum Gasteiger partial charge on any atom is -0.337 e. The number of aromatic amines is 1. The monoisotopic (exact) mass is 399 g/mol. The zero-order valence-electron chi connectivity index (χ0n) is 15.7. The number of carbonyl (C=O) groups is 1. The molecule has 0 bridgehead atoms. The van der Waals surface area contributed by atoms with Crippen LogP contribution in [-0.4, -0.2) is 53.8 Å². The van der Waals surface area contributed by atoms with Crippen LogP contribution in [0.1, 0.15) is 35.8 Å². The molecule has 4 rings (SSSR count). The summed E-state index contributed by atoms with van der Waals surface area (Å²) in [4.78, 5) is 34.3. The van der Waals surface area contributed by atoms with E-state index in [0.29, 0.717) is 21.9 Å². The predicted octanol–water partition coefficient (Wildman–Crippen LogP) is 2.07. The van der Waals surface area contributed by atoms with Crippen molar-refractivity contribution in [2.75, 3.05) is 24.6 Å². The van der Waals surface area contributed by atoms with Gasteiger partial charge in [0.25, 0.3) is 11.5 Å². The van der Waals surface area contributed by atoms with E-state index in [4.69, 9.17) is 0 Å². The minimum absolute atomic E-state index is 0.0175. The second kappa shape index (κ2) is 6.70. The molecule has 0 radical (unpaired) electrons. The number of pyridine rings is 2. The number of benzene rings is 1. The van der Waals surface area contributed by atoms with Crippen LogP contribution in [0.15, 0.2) is 35.3 Å². The van der Waals surface area contributed by atoms with Gasteiger partial charge in [-0.3, -0.25) is 14.6 Å². The van der Waals surface area contributed by atoms with Crippen molar-refractivity contribution in [2.24, 2.45) is 0 Å². The van der Waals surface area contributed by atoms with Crippen molar-refractivity contribution in [2.45, 2.75) is 19.8 Å². The Morgan fingerprint density at radius 1 is 1.14 bits per heavy atom. The first-order chi connectivity index (χ1) is 13.3. The van der Waals surface area contributed by atoms with E-state index in [1.807, 2.05) is 19.9 Å². The Morgan fingerprint density at radius 3 is 2.54 bits per heavy atom. The van der Waals surface area contributed by atoms with E-state index in [1.165, 1.54) is 0 Å². The first kappa shape index (κ1) is 18.6. The van der Waals surface area contributed by atoms with Crippen molar-refractivity contribution in [1.82, 2.24) is 14.9 Å². The van der Waals surface area contributed by atoms with Gasteiger partial charge in [0.05, 0.1) is 28.1 Å². The highest BCUT2D eigenvalue weighted by Crippen LogP contribution is 2.29. The Balaban J connectivity index is 1.87. The minimum atomic E-state index is -3.06. The molecule has 146 valence electrons. The molecule has 2 aromatic heterocycles. The number of nitrogens with zero attached hydrogens (tertiary/aromatic N) is 2. The van der Waals surface area contributed by atoms with Gasteiger partial charge in [0.1, 0.15) is 0 Å². The Kier molecular flexibility index (Phi) is 4.45. The summed E-state index contributed by atoms with van der Waals surface area (Å²) in [6.45, 7) is 4.45. The van der Waals surface area contributed by atoms with Crippen molar-refractivity contribution in [3.05, 3.63) is 52.1 Å². The molecule has 0 saturated carbocycles. The molecule has 28 heavy (non-hydrogen) atoms. The number of nitrogens with one attached hydrogen (secondary N) is 1. The number of hydrogen-bond acceptors (Lipinski definition) is 5.